The Hall–Kier alpha value is 38.2. The van der Waals surface area contributed by atoms with E-state index in [2.05, 4.69) is 15.3 Å². The number of para-hydroxylation sites is 1. The molecule has 0 saturated carbocycles. The van der Waals surface area contributed by atoms with Crippen molar-refractivity contribution in [2.45, 2.75) is 26.8 Å². The van der Waals surface area contributed by atoms with Crippen LogP contribution in [0.15, 0.2) is 48.8 Å². The molecule has 36 heteroatoms. The Balaban J connectivity index is -0.0000000988. The van der Waals surface area contributed by atoms with Crippen LogP contribution < -0.4 is 5.32 Å². The zero-order chi connectivity index (χ0) is 49.7. The summed E-state index contributed by atoms with van der Waals surface area (Å²) in [5, 5.41) is 24.2. The maximum absolute atomic E-state index is 13.9. The van der Waals surface area contributed by atoms with Crippen molar-refractivity contribution in [3.05, 3.63) is 75.9 Å². The number of aromatic nitrogens is 3. The van der Waals surface area contributed by atoms with Gasteiger partial charge in [0.25, 0.3) is 0 Å². The van der Waals surface area contributed by atoms with Crippen molar-refractivity contribution in [1.29, 1.82) is 0 Å². The summed E-state index contributed by atoms with van der Waals surface area (Å²) < 4.78 is 15.5. The van der Waals surface area contributed by atoms with Crippen LogP contribution in [-0.4, -0.2) is 852 Å². The Kier molecular flexibility index (Phi) is 215. The SMILES string of the molecule is CCc1cnc(Nc2cc([N+](=O)[O-])c(F)cc2C)nc1-c1cn(CC(=O)O)c2ccccc12.[K][K].[K][K].[K][K].[K][K].[K][K].[K][K].[K][K].[K][K].[K][K].[K][K].[K][K].[K][K].[K][K]. The molecule has 0 unspecified atom stereocenters. The monoisotopic (exact) mass is 1460 g/mol. The van der Waals surface area contributed by atoms with E-state index in [1.54, 1.807) is 23.9 Å². The van der Waals surface area contributed by atoms with Gasteiger partial charge in [0.15, 0.2) is 0 Å². The van der Waals surface area contributed by atoms with Gasteiger partial charge in [-0.25, -0.2) is 9.97 Å². The molecule has 0 amide bonds. The molecule has 2 aromatic carbocycles. The van der Waals surface area contributed by atoms with E-state index in [4.69, 9.17) is 0 Å². The van der Waals surface area contributed by atoms with E-state index in [9.17, 15) is 24.4 Å². The van der Waals surface area contributed by atoms with Gasteiger partial charge >= 0.3 is 833 Å². The molecule has 0 bridgehead atoms. The first-order valence-electron chi connectivity index (χ1n) is 23.2. The van der Waals surface area contributed by atoms with E-state index in [1.165, 1.54) is 821 Å². The van der Waals surface area contributed by atoms with Crippen LogP contribution in [0, 0.1) is 22.9 Å². The van der Waals surface area contributed by atoms with Crippen LogP contribution in [0.2, 0.25) is 0 Å². The summed E-state index contributed by atoms with van der Waals surface area (Å²) in [5.41, 5.74) is 3.09. The van der Waals surface area contributed by atoms with Gasteiger partial charge in [-0.3, -0.25) is 14.9 Å². The second-order valence-corrected chi connectivity index (χ2v) is 7.50. The second kappa shape index (κ2) is 107. The van der Waals surface area contributed by atoms with Gasteiger partial charge in [-0.2, -0.15) is 4.39 Å². The van der Waals surface area contributed by atoms with E-state index in [-0.39, 0.29) is 12.5 Å². The molecule has 59 heavy (non-hydrogen) atoms. The predicted molar refractivity (Wildman–Crippen MR) is 271 cm³/mol. The van der Waals surface area contributed by atoms with Crippen molar-refractivity contribution in [1.82, 2.24) is 14.5 Å². The average molecular weight is 1470 g/mol. The van der Waals surface area contributed by atoms with E-state index < -0.39 is 22.4 Å². The third-order valence-corrected chi connectivity index (χ3v) is 5.33. The van der Waals surface area contributed by atoms with Crippen molar-refractivity contribution in [2.75, 3.05) is 5.32 Å². The number of nitrogens with zero attached hydrogens (tertiary/aromatic N) is 4. The van der Waals surface area contributed by atoms with Gasteiger partial charge in [-0.05, 0) is 36.6 Å². The van der Waals surface area contributed by atoms with Crippen molar-refractivity contribution in [3.63, 3.8) is 0 Å². The molecule has 0 radical (unpaired) electrons. The number of anilines is 2. The van der Waals surface area contributed by atoms with Gasteiger partial charge in [0.1, 0.15) is 6.54 Å². The van der Waals surface area contributed by atoms with Crippen molar-refractivity contribution < 1.29 is 19.2 Å². The molecule has 0 aliphatic heterocycles. The number of nitrogens with one attached hydrogen (secondary N) is 1. The summed E-state index contributed by atoms with van der Waals surface area (Å²) in [6.07, 6.45) is 4.04. The summed E-state index contributed by atoms with van der Waals surface area (Å²) in [4.78, 5) is 30.6. The Morgan fingerprint density at radius 1 is 0.763 bits per heavy atom. The minimum absolute atomic E-state index is 0.182. The Bertz CT molecular complexity index is 1460. The molecule has 0 aliphatic rings. The first-order chi connectivity index (χ1) is 28.8. The molecular formula is C23H20FK26N5O4. The van der Waals surface area contributed by atoms with Crippen LogP contribution in [-0.2, 0) is 17.8 Å². The number of nitro groups is 1. The Morgan fingerprint density at radius 3 is 1.58 bits per heavy atom. The minimum atomic E-state index is -0.962. The first kappa shape index (κ1) is 118. The second-order valence-electron chi connectivity index (χ2n) is 7.50. The summed E-state index contributed by atoms with van der Waals surface area (Å²) in [6, 6.07) is 9.63. The molecule has 0 fully saturated rings. The molecular weight excluding hydrogens is 1450 g/mol. The fourth-order valence-electron chi connectivity index (χ4n) is 3.73. The number of hydrogen-bond acceptors (Lipinski definition) is 6. The van der Waals surface area contributed by atoms with Gasteiger partial charge in [-0.1, -0.05) is 25.1 Å². The topological polar surface area (TPSA) is 123 Å². The molecule has 4 aromatic rings. The number of aliphatic carboxylic acids is 1. The number of nitro benzene ring substituents is 1. The standard InChI is InChI=1S/C23H20FN5O4.26K/c1-3-14-10-25-23(26-18-9-20(29(32)33)17(24)8-13(18)2)27-22(14)16-11-28(12-21(30)31)19-7-5-4-6-15(16)19;;;;;;;;;;;;;;;;;;;;;;;;;;/h4-11H,3,12H2,1-2H3,(H,30,31)(H,25,26,27);;;;;;;;;;;;;;;;;;;;;;;;;;. The number of benzene rings is 2. The van der Waals surface area contributed by atoms with Gasteiger partial charge in [0.2, 0.25) is 11.8 Å². The quantitative estimate of drug-likeness (QED) is 0.108. The Labute approximate surface area is 944 Å². The number of fused-ring (bicyclic) bond motifs is 1. The molecule has 2 heterocycles. The molecule has 0 spiro atoms. The van der Waals surface area contributed by atoms with Crippen LogP contribution in [0.1, 0.15) is 18.1 Å². The zero-order valence-corrected chi connectivity index (χ0v) is 125. The van der Waals surface area contributed by atoms with Crippen molar-refractivity contribution >= 4 is 855 Å². The van der Waals surface area contributed by atoms with Crippen LogP contribution in [0.25, 0.3) is 22.2 Å². The van der Waals surface area contributed by atoms with Gasteiger partial charge in [0, 0.05) is 34.9 Å². The van der Waals surface area contributed by atoms with Crippen LogP contribution >= 0.6 is 0 Å². The molecule has 9 nitrogen and oxygen atoms in total. The fraction of sp³-hybridized carbons (Fsp3) is 0.174. The number of aryl methyl sites for hydroxylation is 2. The average Bonchev–Trinajstić information content (AvgIpc) is 3.70. The number of hydrogen-bond donors (Lipinski definition) is 2. The zero-order valence-electron chi connectivity index (χ0n) is 43.9. The third kappa shape index (κ3) is 72.9. The number of carboxylic acids is 1. The van der Waals surface area contributed by atoms with Gasteiger partial charge < -0.3 is 15.0 Å². The molecule has 2 N–H and O–H groups in total. The Morgan fingerprint density at radius 2 is 1.19 bits per heavy atom. The van der Waals surface area contributed by atoms with Crippen LogP contribution in [0.4, 0.5) is 21.7 Å². The molecule has 194 valence electrons. The molecule has 2 aromatic heterocycles. The molecule has 0 aliphatic carbocycles. The van der Waals surface area contributed by atoms with E-state index in [0.717, 1.165) is 34.2 Å². The molecule has 0 saturated heterocycles. The molecule has 4 rings (SSSR count). The van der Waals surface area contributed by atoms with Crippen molar-refractivity contribution in [3.8, 4) is 11.3 Å². The van der Waals surface area contributed by atoms with E-state index in [0.29, 0.717) is 23.4 Å². The van der Waals surface area contributed by atoms with Gasteiger partial charge in [0.05, 0.1) is 16.3 Å². The third-order valence-electron chi connectivity index (χ3n) is 5.33. The summed E-state index contributed by atoms with van der Waals surface area (Å²) in [7, 11) is 0. The molecule has 0 atom stereocenters. The van der Waals surface area contributed by atoms with Crippen molar-refractivity contribution in [2.24, 2.45) is 0 Å². The number of carboxylic acid groups (broad SMARTS) is 1. The normalized spacial score (nSPS) is 7.92. The van der Waals surface area contributed by atoms with E-state index >= 15 is 0 Å². The number of carbonyl (C=O) groups is 1. The summed E-state index contributed by atoms with van der Waals surface area (Å²) in [6.45, 7) is 3.38. The van der Waals surface area contributed by atoms with E-state index in [1.807, 2.05) is 31.2 Å². The fourth-order valence-corrected chi connectivity index (χ4v) is 3.73. The number of rotatable bonds is 7. The first-order valence-corrected chi connectivity index (χ1v) is 231. The van der Waals surface area contributed by atoms with Crippen LogP contribution in [0.3, 0.4) is 0 Å². The maximum atomic E-state index is 13.9. The summed E-state index contributed by atoms with van der Waals surface area (Å²) in [5.74, 6) is -1.70. The summed E-state index contributed by atoms with van der Waals surface area (Å²) >= 11 is 32.5. The van der Waals surface area contributed by atoms with Gasteiger partial charge in [-0.15, -0.1) is 0 Å². The van der Waals surface area contributed by atoms with Crippen LogP contribution in [0.5, 0.6) is 0 Å². The number of halogens is 1. The predicted octanol–water partition coefficient (Wildman–Crippen LogP) is -5.06.